The van der Waals surface area contributed by atoms with Crippen LogP contribution in [0, 0.1) is 11.5 Å². The van der Waals surface area contributed by atoms with Gasteiger partial charge in [0.2, 0.25) is 0 Å². The molecule has 18 heavy (non-hydrogen) atoms. The number of quaternary nitrogens is 1. The molecule has 0 saturated carbocycles. The fraction of sp³-hybridized carbons (Fsp3) is 0.231. The van der Waals surface area contributed by atoms with Crippen LogP contribution in [0.3, 0.4) is 0 Å². The topological polar surface area (TPSA) is 36.7 Å². The second kappa shape index (κ2) is 5.15. The van der Waals surface area contributed by atoms with E-state index in [0.29, 0.717) is 4.48 Å². The molecule has 1 fully saturated rings. The number of hydrogen-bond donors (Lipinski definition) is 0. The first-order chi connectivity index (χ1) is 8.34. The number of rotatable bonds is 1. The lowest BCUT2D eigenvalue weighted by Crippen LogP contribution is -2.37. The number of pyridine rings is 1. The van der Waals surface area contributed by atoms with Gasteiger partial charge in [-0.15, -0.1) is 29.4 Å². The van der Waals surface area contributed by atoms with E-state index in [1.54, 1.807) is 6.20 Å². The monoisotopic (exact) mass is 278 g/mol. The zero-order valence-electron chi connectivity index (χ0n) is 9.74. The zero-order valence-corrected chi connectivity index (χ0v) is 11.4. The Hall–Kier alpha value is -1.28. The first-order valence-corrected chi connectivity index (χ1v) is 6.71. The molecule has 1 atom stereocenters. The fourth-order valence-electron chi connectivity index (χ4n) is 2.24. The van der Waals surface area contributed by atoms with Crippen LogP contribution in [0.1, 0.15) is 12.0 Å². The number of halogens is 1. The third-order valence-electron chi connectivity index (χ3n) is 3.16. The highest BCUT2D eigenvalue weighted by atomic mass is 35.5. The number of fused-ring (bicyclic) bond motifs is 1. The smallest absolute Gasteiger partial charge is 0.264 e. The third-order valence-corrected chi connectivity index (χ3v) is 4.25. The van der Waals surface area contributed by atoms with E-state index >= 15 is 0 Å². The summed E-state index contributed by atoms with van der Waals surface area (Å²) >= 11 is 1.84. The first kappa shape index (κ1) is 13.2. The molecule has 0 bridgehead atoms. The van der Waals surface area contributed by atoms with Gasteiger partial charge in [0.15, 0.2) is 0 Å². The highest BCUT2D eigenvalue weighted by molar-refractivity contribution is 7.99. The van der Waals surface area contributed by atoms with E-state index < -0.39 is 0 Å². The average molecular weight is 279 g/mol. The predicted molar refractivity (Wildman–Crippen MR) is 75.4 cm³/mol. The van der Waals surface area contributed by atoms with Gasteiger partial charge in [0.05, 0.1) is 0 Å². The highest BCUT2D eigenvalue weighted by Crippen LogP contribution is 2.39. The van der Waals surface area contributed by atoms with Crippen molar-refractivity contribution in [3.63, 3.8) is 0 Å². The molecule has 0 amide bonds. The van der Waals surface area contributed by atoms with Crippen LogP contribution in [0.4, 0.5) is 0 Å². The van der Waals surface area contributed by atoms with Gasteiger partial charge in [-0.2, -0.15) is 4.48 Å². The minimum Gasteiger partial charge on any atom is -0.264 e. The molecule has 3 heterocycles. The van der Waals surface area contributed by atoms with Gasteiger partial charge < -0.3 is 0 Å². The lowest BCUT2D eigenvalue weighted by molar-refractivity contribution is -0.757. The Morgan fingerprint density at radius 1 is 1.44 bits per heavy atom. The summed E-state index contributed by atoms with van der Waals surface area (Å²) < 4.78 is 0.356. The fourth-order valence-corrected chi connectivity index (χ4v) is 3.31. The van der Waals surface area contributed by atoms with E-state index in [1.807, 2.05) is 30.1 Å². The number of nitrogens with zero attached hydrogens (tertiary/aromatic N) is 3. The van der Waals surface area contributed by atoms with Crippen molar-refractivity contribution in [2.45, 2.75) is 6.42 Å². The van der Waals surface area contributed by atoms with Crippen molar-refractivity contribution in [1.29, 1.82) is 5.26 Å². The van der Waals surface area contributed by atoms with E-state index in [9.17, 15) is 5.26 Å². The molecular formula is C13H13ClN3S+. The Morgan fingerprint density at radius 3 is 3.00 bits per heavy atom. The van der Waals surface area contributed by atoms with Crippen LogP contribution in [-0.4, -0.2) is 21.1 Å². The van der Waals surface area contributed by atoms with Gasteiger partial charge in [-0.3, -0.25) is 4.98 Å². The summed E-state index contributed by atoms with van der Waals surface area (Å²) in [5.74, 6) is 1.94. The van der Waals surface area contributed by atoms with Crippen LogP contribution in [0.15, 0.2) is 42.5 Å². The molecule has 1 aromatic heterocycles. The maximum Gasteiger partial charge on any atom is 0.319 e. The Labute approximate surface area is 117 Å². The SMILES string of the molecule is Cl.N#C[N+]12C=C(c3cccnc3)C=C1CCSC2. The van der Waals surface area contributed by atoms with Gasteiger partial charge in [0.25, 0.3) is 0 Å². The van der Waals surface area contributed by atoms with E-state index in [0.717, 1.165) is 29.2 Å². The maximum atomic E-state index is 9.42. The molecule has 92 valence electrons. The largest absolute Gasteiger partial charge is 0.319 e. The van der Waals surface area contributed by atoms with Crippen LogP contribution < -0.4 is 0 Å². The van der Waals surface area contributed by atoms with Gasteiger partial charge in [-0.25, -0.2) is 0 Å². The molecule has 2 aliphatic heterocycles. The third kappa shape index (κ3) is 2.05. The van der Waals surface area contributed by atoms with Crippen molar-refractivity contribution in [1.82, 2.24) is 4.98 Å². The van der Waals surface area contributed by atoms with Crippen LogP contribution in [-0.2, 0) is 0 Å². The quantitative estimate of drug-likeness (QED) is 0.585. The molecule has 1 aromatic rings. The van der Waals surface area contributed by atoms with Crippen LogP contribution in [0.2, 0.25) is 0 Å². The Kier molecular flexibility index (Phi) is 3.76. The molecule has 3 nitrogen and oxygen atoms in total. The minimum absolute atomic E-state index is 0. The summed E-state index contributed by atoms with van der Waals surface area (Å²) in [4.78, 5) is 4.13. The number of hydrogen-bond acceptors (Lipinski definition) is 3. The summed E-state index contributed by atoms with van der Waals surface area (Å²) in [7, 11) is 0. The van der Waals surface area contributed by atoms with Crippen LogP contribution >= 0.6 is 24.2 Å². The number of aromatic nitrogens is 1. The molecule has 1 saturated heterocycles. The van der Waals surface area contributed by atoms with Crippen molar-refractivity contribution < 1.29 is 4.48 Å². The lowest BCUT2D eigenvalue weighted by Gasteiger charge is -2.27. The molecule has 2 aliphatic rings. The second-order valence-electron chi connectivity index (χ2n) is 4.22. The molecule has 5 heteroatoms. The van der Waals surface area contributed by atoms with Crippen molar-refractivity contribution in [2.24, 2.45) is 0 Å². The van der Waals surface area contributed by atoms with Gasteiger partial charge >= 0.3 is 6.19 Å². The van der Waals surface area contributed by atoms with E-state index in [4.69, 9.17) is 0 Å². The Bertz CT molecular complexity index is 547. The highest BCUT2D eigenvalue weighted by Gasteiger charge is 2.40. The van der Waals surface area contributed by atoms with Gasteiger partial charge in [0.1, 0.15) is 17.8 Å². The van der Waals surface area contributed by atoms with E-state index in [1.165, 1.54) is 5.70 Å². The molecule has 0 radical (unpaired) electrons. The van der Waals surface area contributed by atoms with Crippen molar-refractivity contribution >= 4 is 29.7 Å². The molecule has 0 spiro atoms. The summed E-state index contributed by atoms with van der Waals surface area (Å²) in [6, 6.07) is 3.97. The first-order valence-electron chi connectivity index (χ1n) is 5.55. The summed E-state index contributed by atoms with van der Waals surface area (Å²) in [5, 5.41) is 9.42. The summed E-state index contributed by atoms with van der Waals surface area (Å²) in [6.07, 6.45) is 11.3. The van der Waals surface area contributed by atoms with Crippen molar-refractivity contribution in [3.8, 4) is 6.19 Å². The molecule has 1 unspecified atom stereocenters. The average Bonchev–Trinajstić information content (AvgIpc) is 2.80. The Morgan fingerprint density at radius 2 is 2.33 bits per heavy atom. The molecule has 0 N–H and O–H groups in total. The molecule has 0 aliphatic carbocycles. The van der Waals surface area contributed by atoms with Crippen LogP contribution in [0.25, 0.3) is 5.57 Å². The van der Waals surface area contributed by atoms with Crippen molar-refractivity contribution in [2.75, 3.05) is 11.6 Å². The van der Waals surface area contributed by atoms with Gasteiger partial charge in [-0.05, 0) is 6.07 Å². The number of nitriles is 1. The van der Waals surface area contributed by atoms with E-state index in [-0.39, 0.29) is 12.4 Å². The predicted octanol–water partition coefficient (Wildman–Crippen LogP) is 3.13. The Balaban J connectivity index is 0.00000120. The second-order valence-corrected chi connectivity index (χ2v) is 5.29. The summed E-state index contributed by atoms with van der Waals surface area (Å²) in [6.45, 7) is 0. The normalized spacial score (nSPS) is 25.3. The number of thioether (sulfide) groups is 1. The summed E-state index contributed by atoms with van der Waals surface area (Å²) in [5.41, 5.74) is 3.43. The van der Waals surface area contributed by atoms with E-state index in [2.05, 4.69) is 23.5 Å². The number of allylic oxidation sites excluding steroid dienone is 3. The minimum atomic E-state index is 0. The zero-order chi connectivity index (χ0) is 11.7. The van der Waals surface area contributed by atoms with Gasteiger partial charge in [-0.1, -0.05) is 6.07 Å². The van der Waals surface area contributed by atoms with Crippen molar-refractivity contribution in [3.05, 3.63) is 48.1 Å². The van der Waals surface area contributed by atoms with Crippen LogP contribution in [0.5, 0.6) is 0 Å². The van der Waals surface area contributed by atoms with Gasteiger partial charge in [0, 0.05) is 41.8 Å². The lowest BCUT2D eigenvalue weighted by atomic mass is 10.1. The molecule has 3 rings (SSSR count). The standard InChI is InChI=1S/C13H12N3S.ClH/c14-9-16-8-12(11-2-1-4-15-7-11)6-13(16)3-5-17-10-16;/h1-2,4,6-8H,3,5,10H2;1H/q+1;. The molecule has 0 aromatic carbocycles. The molecular weight excluding hydrogens is 266 g/mol. The maximum absolute atomic E-state index is 9.42.